The average Bonchev–Trinajstić information content (AvgIpc) is 2.72. The second-order valence-electron chi connectivity index (χ2n) is 4.50. The number of halogens is 1. The molecular weight excluding hydrogens is 245 g/mol. The Bertz CT molecular complexity index is 654. The number of hydrogen-bond acceptors (Lipinski definition) is 3. The minimum atomic E-state index is -0.639. The highest BCUT2D eigenvalue weighted by molar-refractivity contribution is 5.94. The predicted molar refractivity (Wildman–Crippen MR) is 69.4 cm³/mol. The maximum atomic E-state index is 13.7. The van der Waals surface area contributed by atoms with Crippen LogP contribution in [0, 0.1) is 12.7 Å². The molecule has 0 unspecified atom stereocenters. The first kappa shape index (κ1) is 11.7. The third-order valence-corrected chi connectivity index (χ3v) is 3.10. The molecule has 0 saturated carbocycles. The molecule has 1 aliphatic heterocycles. The lowest BCUT2D eigenvalue weighted by atomic mass is 10.1. The van der Waals surface area contributed by atoms with E-state index in [1.54, 1.807) is 30.3 Å². The average molecular weight is 257 g/mol. The molecule has 1 aliphatic rings. The second kappa shape index (κ2) is 4.39. The van der Waals surface area contributed by atoms with Gasteiger partial charge in [0.1, 0.15) is 5.82 Å². The summed E-state index contributed by atoms with van der Waals surface area (Å²) in [6, 6.07) is 11.9. The number of nitrogens with one attached hydrogen (secondary N) is 1. The summed E-state index contributed by atoms with van der Waals surface area (Å²) in [5.74, 6) is -0.757. The minimum absolute atomic E-state index is 0.328. The zero-order valence-electron chi connectivity index (χ0n) is 10.3. The largest absolute Gasteiger partial charge is 0.434 e. The number of cyclic esters (lactones) is 1. The van der Waals surface area contributed by atoms with Crippen LogP contribution < -0.4 is 5.32 Å². The van der Waals surface area contributed by atoms with Crippen molar-refractivity contribution in [3.05, 3.63) is 65.0 Å². The monoisotopic (exact) mass is 257 g/mol. The van der Waals surface area contributed by atoms with Crippen molar-refractivity contribution in [2.75, 3.05) is 5.32 Å². The van der Waals surface area contributed by atoms with Gasteiger partial charge in [-0.15, -0.1) is 0 Å². The lowest BCUT2D eigenvalue weighted by Gasteiger charge is -2.15. The third kappa shape index (κ3) is 2.05. The van der Waals surface area contributed by atoms with Crippen LogP contribution in [-0.2, 0) is 4.74 Å². The van der Waals surface area contributed by atoms with E-state index in [-0.39, 0.29) is 11.8 Å². The third-order valence-electron chi connectivity index (χ3n) is 3.10. The first-order valence-corrected chi connectivity index (χ1v) is 5.98. The van der Waals surface area contributed by atoms with Crippen molar-refractivity contribution in [3.63, 3.8) is 0 Å². The predicted octanol–water partition coefficient (Wildman–Crippen LogP) is 3.42. The van der Waals surface area contributed by atoms with Crippen LogP contribution in [-0.4, -0.2) is 5.97 Å². The summed E-state index contributed by atoms with van der Waals surface area (Å²) < 4.78 is 18.9. The van der Waals surface area contributed by atoms with E-state index < -0.39 is 6.23 Å². The number of rotatable bonds is 2. The van der Waals surface area contributed by atoms with Crippen LogP contribution >= 0.6 is 0 Å². The van der Waals surface area contributed by atoms with Crippen molar-refractivity contribution in [3.8, 4) is 0 Å². The van der Waals surface area contributed by atoms with Crippen LogP contribution in [0.15, 0.2) is 42.5 Å². The van der Waals surface area contributed by atoms with Gasteiger partial charge in [-0.25, -0.2) is 9.18 Å². The number of hydrogen-bond donors (Lipinski definition) is 1. The number of aryl methyl sites for hydroxylation is 1. The van der Waals surface area contributed by atoms with Crippen molar-refractivity contribution in [2.24, 2.45) is 0 Å². The van der Waals surface area contributed by atoms with Gasteiger partial charge in [-0.1, -0.05) is 24.3 Å². The second-order valence-corrected chi connectivity index (χ2v) is 4.50. The molecule has 0 radical (unpaired) electrons. The zero-order valence-corrected chi connectivity index (χ0v) is 10.3. The summed E-state index contributed by atoms with van der Waals surface area (Å²) in [7, 11) is 0. The van der Waals surface area contributed by atoms with Crippen molar-refractivity contribution in [1.29, 1.82) is 0 Å². The van der Waals surface area contributed by atoms with Crippen LogP contribution in [0.3, 0.4) is 0 Å². The standard InChI is InChI=1S/C15H12FNO2/c1-9-6-7-12(16)13(8-9)17-14-10-4-2-3-5-11(10)15(18)19-14/h2-8,14,17H,1H3/t14-/m0/s1. The molecule has 1 N–H and O–H groups in total. The molecule has 2 aromatic rings. The Morgan fingerprint density at radius 1 is 1.21 bits per heavy atom. The molecule has 96 valence electrons. The highest BCUT2D eigenvalue weighted by Gasteiger charge is 2.30. The minimum Gasteiger partial charge on any atom is -0.434 e. The Balaban J connectivity index is 1.93. The van der Waals surface area contributed by atoms with Gasteiger partial charge in [0, 0.05) is 5.56 Å². The molecule has 0 spiro atoms. The van der Waals surface area contributed by atoms with Gasteiger partial charge in [0.15, 0.2) is 0 Å². The molecule has 0 bridgehead atoms. The smallest absolute Gasteiger partial charge is 0.340 e. The van der Waals surface area contributed by atoms with Gasteiger partial charge in [-0.2, -0.15) is 0 Å². The Morgan fingerprint density at radius 2 is 2.00 bits per heavy atom. The first-order chi connectivity index (χ1) is 9.15. The summed E-state index contributed by atoms with van der Waals surface area (Å²) in [6.07, 6.45) is -0.639. The lowest BCUT2D eigenvalue weighted by molar-refractivity contribution is 0.0436. The highest BCUT2D eigenvalue weighted by Crippen LogP contribution is 2.32. The molecule has 0 fully saturated rings. The lowest BCUT2D eigenvalue weighted by Crippen LogP contribution is -2.11. The van der Waals surface area contributed by atoms with Gasteiger partial charge < -0.3 is 10.1 Å². The summed E-state index contributed by atoms with van der Waals surface area (Å²) in [4.78, 5) is 11.7. The summed E-state index contributed by atoms with van der Waals surface area (Å²) in [5.41, 5.74) is 2.51. The Morgan fingerprint density at radius 3 is 2.84 bits per heavy atom. The van der Waals surface area contributed by atoms with Crippen LogP contribution in [0.25, 0.3) is 0 Å². The Labute approximate surface area is 110 Å². The van der Waals surface area contributed by atoms with E-state index in [1.165, 1.54) is 6.07 Å². The van der Waals surface area contributed by atoms with E-state index in [2.05, 4.69) is 5.32 Å². The molecule has 0 aromatic heterocycles. The van der Waals surface area contributed by atoms with Gasteiger partial charge >= 0.3 is 5.97 Å². The van der Waals surface area contributed by atoms with Gasteiger partial charge in [-0.3, -0.25) is 0 Å². The van der Waals surface area contributed by atoms with Crippen LogP contribution in [0.1, 0.15) is 27.7 Å². The molecule has 0 amide bonds. The number of anilines is 1. The van der Waals surface area contributed by atoms with Crippen LogP contribution in [0.2, 0.25) is 0 Å². The topological polar surface area (TPSA) is 38.3 Å². The molecule has 0 saturated heterocycles. The number of benzene rings is 2. The quantitative estimate of drug-likeness (QED) is 0.838. The maximum Gasteiger partial charge on any atom is 0.340 e. The van der Waals surface area contributed by atoms with Crippen LogP contribution in [0.4, 0.5) is 10.1 Å². The Kier molecular flexibility index (Phi) is 2.71. The highest BCUT2D eigenvalue weighted by atomic mass is 19.1. The molecule has 4 heteroatoms. The number of carbonyl (C=O) groups is 1. The normalized spacial score (nSPS) is 16.9. The van der Waals surface area contributed by atoms with Gasteiger partial charge in [-0.05, 0) is 30.7 Å². The molecule has 1 atom stereocenters. The number of fused-ring (bicyclic) bond motifs is 1. The van der Waals surface area contributed by atoms with E-state index in [0.29, 0.717) is 11.3 Å². The molecule has 3 nitrogen and oxygen atoms in total. The fraction of sp³-hybridized carbons (Fsp3) is 0.133. The first-order valence-electron chi connectivity index (χ1n) is 5.98. The van der Waals surface area contributed by atoms with Crippen molar-refractivity contribution in [2.45, 2.75) is 13.2 Å². The van der Waals surface area contributed by atoms with Gasteiger partial charge in [0.2, 0.25) is 6.23 Å². The molecule has 19 heavy (non-hydrogen) atoms. The van der Waals surface area contributed by atoms with E-state index in [0.717, 1.165) is 11.1 Å². The maximum absolute atomic E-state index is 13.7. The number of esters is 1. The number of carbonyl (C=O) groups excluding carboxylic acids is 1. The van der Waals surface area contributed by atoms with E-state index in [1.807, 2.05) is 13.0 Å². The van der Waals surface area contributed by atoms with Crippen molar-refractivity contribution >= 4 is 11.7 Å². The number of ether oxygens (including phenoxy) is 1. The summed E-state index contributed by atoms with van der Waals surface area (Å²) in [6.45, 7) is 1.87. The van der Waals surface area contributed by atoms with Crippen molar-refractivity contribution < 1.29 is 13.9 Å². The molecule has 2 aromatic carbocycles. The SMILES string of the molecule is Cc1ccc(F)c(N[C@H]2OC(=O)c3ccccc32)c1. The molecular formula is C15H12FNO2. The van der Waals surface area contributed by atoms with E-state index >= 15 is 0 Å². The Hall–Kier alpha value is -2.36. The summed E-state index contributed by atoms with van der Waals surface area (Å²) >= 11 is 0. The molecule has 3 rings (SSSR count). The zero-order chi connectivity index (χ0) is 13.4. The van der Waals surface area contributed by atoms with Crippen molar-refractivity contribution in [1.82, 2.24) is 0 Å². The molecule has 1 heterocycles. The van der Waals surface area contributed by atoms with Gasteiger partial charge in [0.05, 0.1) is 11.3 Å². The fourth-order valence-electron chi connectivity index (χ4n) is 2.14. The molecule has 0 aliphatic carbocycles. The van der Waals surface area contributed by atoms with E-state index in [4.69, 9.17) is 4.74 Å². The van der Waals surface area contributed by atoms with Gasteiger partial charge in [0.25, 0.3) is 0 Å². The van der Waals surface area contributed by atoms with Crippen LogP contribution in [0.5, 0.6) is 0 Å². The fourth-order valence-corrected chi connectivity index (χ4v) is 2.14. The summed E-state index contributed by atoms with van der Waals surface area (Å²) in [5, 5.41) is 2.92. The van der Waals surface area contributed by atoms with E-state index in [9.17, 15) is 9.18 Å².